The molecule has 0 N–H and O–H groups in total. The lowest BCUT2D eigenvalue weighted by atomic mass is 10.0. The molecule has 0 spiro atoms. The largest absolute Gasteiger partial charge is 0.274 e. The third kappa shape index (κ3) is 3.91. The topological polar surface area (TPSA) is 37.4 Å². The predicted octanol–water partition coefficient (Wildman–Crippen LogP) is 5.47. The highest BCUT2D eigenvalue weighted by atomic mass is 16.2. The Hall–Kier alpha value is -4.16. The molecule has 1 heterocycles. The normalized spacial score (nSPS) is 12.6. The van der Waals surface area contributed by atoms with Gasteiger partial charge >= 0.3 is 0 Å². The highest BCUT2D eigenvalue weighted by Gasteiger charge is 2.34. The third-order valence-electron chi connectivity index (χ3n) is 5.75. The first-order valence-corrected chi connectivity index (χ1v) is 10.7. The molecule has 0 radical (unpaired) electrons. The summed E-state index contributed by atoms with van der Waals surface area (Å²) in [6, 6.07) is 29.6. The molecule has 0 atom stereocenters. The summed E-state index contributed by atoms with van der Waals surface area (Å²) in [5, 5.41) is 2.39. The minimum absolute atomic E-state index is 0.194. The molecule has 2 amide bonds. The molecule has 0 unspecified atom stereocenters. The van der Waals surface area contributed by atoms with Gasteiger partial charge in [0.05, 0.1) is 11.1 Å². The zero-order valence-electron chi connectivity index (χ0n) is 17.5. The molecule has 3 nitrogen and oxygen atoms in total. The molecule has 0 saturated heterocycles. The Morgan fingerprint density at radius 2 is 1.28 bits per heavy atom. The summed E-state index contributed by atoms with van der Waals surface area (Å²) in [6.07, 6.45) is 1.49. The smallest absolute Gasteiger partial charge is 0.261 e. The van der Waals surface area contributed by atoms with Crippen LogP contribution in [0, 0.1) is 11.8 Å². The van der Waals surface area contributed by atoms with E-state index in [4.69, 9.17) is 0 Å². The van der Waals surface area contributed by atoms with Gasteiger partial charge in [-0.25, -0.2) is 0 Å². The van der Waals surface area contributed by atoms with Crippen molar-refractivity contribution in [3.05, 3.63) is 119 Å². The van der Waals surface area contributed by atoms with Gasteiger partial charge in [-0.15, -0.1) is 0 Å². The Morgan fingerprint density at radius 1 is 0.625 bits per heavy atom. The number of hydrogen-bond acceptors (Lipinski definition) is 2. The van der Waals surface area contributed by atoms with Gasteiger partial charge in [-0.05, 0) is 65.6 Å². The molecule has 154 valence electrons. The molecule has 0 aromatic heterocycles. The summed E-state index contributed by atoms with van der Waals surface area (Å²) in [5.74, 6) is 6.12. The van der Waals surface area contributed by atoms with Crippen LogP contribution in [0.5, 0.6) is 0 Å². The standard InChI is InChI=1S/C29H21NO2/c31-28-26-12-3-4-13-27(26)29(32)30(28)18-6-9-21-7-5-8-22(19-21)14-15-23-16-17-24-10-1-2-11-25(24)20-23/h1-5,7-8,10-13,16-17,19-20H,6,9,18H2. The van der Waals surface area contributed by atoms with E-state index in [0.29, 0.717) is 24.1 Å². The van der Waals surface area contributed by atoms with Gasteiger partial charge in [-0.1, -0.05) is 66.4 Å². The van der Waals surface area contributed by atoms with Crippen molar-refractivity contribution in [2.24, 2.45) is 0 Å². The van der Waals surface area contributed by atoms with Crippen molar-refractivity contribution in [3.8, 4) is 11.8 Å². The number of fused-ring (bicyclic) bond motifs is 2. The van der Waals surface area contributed by atoms with Crippen LogP contribution < -0.4 is 0 Å². The first-order valence-electron chi connectivity index (χ1n) is 10.7. The Bertz CT molecular complexity index is 1370. The van der Waals surface area contributed by atoms with Crippen molar-refractivity contribution in [3.63, 3.8) is 0 Å². The van der Waals surface area contributed by atoms with Crippen LogP contribution in [-0.4, -0.2) is 23.3 Å². The fourth-order valence-electron chi connectivity index (χ4n) is 4.10. The van der Waals surface area contributed by atoms with Gasteiger partial charge in [0.1, 0.15) is 0 Å². The molecule has 0 aliphatic carbocycles. The minimum Gasteiger partial charge on any atom is -0.274 e. The number of nitrogens with zero attached hydrogens (tertiary/aromatic N) is 1. The monoisotopic (exact) mass is 415 g/mol. The van der Waals surface area contributed by atoms with Crippen molar-refractivity contribution in [2.75, 3.05) is 6.54 Å². The second-order valence-corrected chi connectivity index (χ2v) is 7.92. The maximum Gasteiger partial charge on any atom is 0.261 e. The summed E-state index contributed by atoms with van der Waals surface area (Å²) in [6.45, 7) is 0.416. The van der Waals surface area contributed by atoms with Crippen LogP contribution in [0.3, 0.4) is 0 Å². The number of imide groups is 1. The average Bonchev–Trinajstić information content (AvgIpc) is 3.08. The number of rotatable bonds is 4. The summed E-state index contributed by atoms with van der Waals surface area (Å²) in [4.78, 5) is 26.3. The van der Waals surface area contributed by atoms with Gasteiger partial charge in [0.2, 0.25) is 0 Å². The van der Waals surface area contributed by atoms with Crippen molar-refractivity contribution in [1.29, 1.82) is 0 Å². The lowest BCUT2D eigenvalue weighted by Crippen LogP contribution is -2.30. The molecular weight excluding hydrogens is 394 g/mol. The van der Waals surface area contributed by atoms with Gasteiger partial charge in [0.15, 0.2) is 0 Å². The Morgan fingerprint density at radius 3 is 2.03 bits per heavy atom. The van der Waals surface area contributed by atoms with E-state index < -0.39 is 0 Å². The molecule has 1 aliphatic rings. The van der Waals surface area contributed by atoms with Gasteiger partial charge in [-0.2, -0.15) is 0 Å². The Balaban J connectivity index is 1.24. The van der Waals surface area contributed by atoms with E-state index in [0.717, 1.165) is 23.1 Å². The molecular formula is C29H21NO2. The fourth-order valence-corrected chi connectivity index (χ4v) is 4.10. The average molecular weight is 415 g/mol. The Kier molecular flexibility index (Phi) is 5.27. The van der Waals surface area contributed by atoms with Crippen LogP contribution in [0.25, 0.3) is 10.8 Å². The molecule has 3 heteroatoms. The van der Waals surface area contributed by atoms with E-state index >= 15 is 0 Å². The number of benzene rings is 4. The second kappa shape index (κ2) is 8.53. The molecule has 0 fully saturated rings. The first kappa shape index (κ1) is 19.8. The highest BCUT2D eigenvalue weighted by molar-refractivity contribution is 6.21. The maximum absolute atomic E-state index is 12.5. The maximum atomic E-state index is 12.5. The van der Waals surface area contributed by atoms with Gasteiger partial charge < -0.3 is 0 Å². The summed E-state index contributed by atoms with van der Waals surface area (Å²) >= 11 is 0. The summed E-state index contributed by atoms with van der Waals surface area (Å²) in [5.41, 5.74) is 4.09. The fraction of sp³-hybridized carbons (Fsp3) is 0.103. The highest BCUT2D eigenvalue weighted by Crippen LogP contribution is 2.23. The quantitative estimate of drug-likeness (QED) is 0.327. The molecule has 4 aromatic carbocycles. The van der Waals surface area contributed by atoms with Crippen LogP contribution >= 0.6 is 0 Å². The van der Waals surface area contributed by atoms with E-state index in [1.54, 1.807) is 24.3 Å². The van der Waals surface area contributed by atoms with Crippen LogP contribution in [0.2, 0.25) is 0 Å². The Labute approximate surface area is 187 Å². The summed E-state index contributed by atoms with van der Waals surface area (Å²) < 4.78 is 0. The van der Waals surface area contributed by atoms with Gasteiger partial charge in [0.25, 0.3) is 11.8 Å². The van der Waals surface area contributed by atoms with Crippen molar-refractivity contribution >= 4 is 22.6 Å². The number of amides is 2. The van der Waals surface area contributed by atoms with E-state index in [9.17, 15) is 9.59 Å². The van der Waals surface area contributed by atoms with Crippen LogP contribution in [0.15, 0.2) is 91.0 Å². The molecule has 5 rings (SSSR count). The first-order chi connectivity index (χ1) is 15.7. The molecule has 0 bridgehead atoms. The molecule has 0 saturated carbocycles. The van der Waals surface area contributed by atoms with Gasteiger partial charge in [0, 0.05) is 17.7 Å². The summed E-state index contributed by atoms with van der Waals surface area (Å²) in [7, 11) is 0. The van der Waals surface area contributed by atoms with Crippen LogP contribution in [-0.2, 0) is 6.42 Å². The molecule has 4 aromatic rings. The zero-order chi connectivity index (χ0) is 21.9. The molecule has 32 heavy (non-hydrogen) atoms. The zero-order valence-corrected chi connectivity index (χ0v) is 17.5. The second-order valence-electron chi connectivity index (χ2n) is 7.92. The SMILES string of the molecule is O=C1c2ccccc2C(=O)N1CCCc1cccc(C#Cc2ccc3ccccc3c2)c1. The predicted molar refractivity (Wildman–Crippen MR) is 127 cm³/mol. The van der Waals surface area contributed by atoms with Crippen molar-refractivity contribution in [1.82, 2.24) is 4.90 Å². The van der Waals surface area contributed by atoms with Crippen LogP contribution in [0.1, 0.15) is 43.8 Å². The lowest BCUT2D eigenvalue weighted by molar-refractivity contribution is 0.0652. The number of aryl methyl sites for hydroxylation is 1. The van der Waals surface area contributed by atoms with Crippen molar-refractivity contribution < 1.29 is 9.59 Å². The number of hydrogen-bond donors (Lipinski definition) is 0. The third-order valence-corrected chi connectivity index (χ3v) is 5.75. The van der Waals surface area contributed by atoms with E-state index in [1.165, 1.54) is 15.7 Å². The van der Waals surface area contributed by atoms with E-state index in [-0.39, 0.29) is 11.8 Å². The number of carbonyl (C=O) groups is 2. The molecule has 1 aliphatic heterocycles. The van der Waals surface area contributed by atoms with E-state index in [1.807, 2.05) is 30.3 Å². The van der Waals surface area contributed by atoms with Crippen molar-refractivity contribution in [2.45, 2.75) is 12.8 Å². The minimum atomic E-state index is -0.194. The van der Waals surface area contributed by atoms with E-state index in [2.05, 4.69) is 48.2 Å². The lowest BCUT2D eigenvalue weighted by Gasteiger charge is -2.13. The van der Waals surface area contributed by atoms with Gasteiger partial charge in [-0.3, -0.25) is 14.5 Å². The number of carbonyl (C=O) groups excluding carboxylic acids is 2. The van der Waals surface area contributed by atoms with Crippen LogP contribution in [0.4, 0.5) is 0 Å².